The highest BCUT2D eigenvalue weighted by atomic mass is 35.5. The van der Waals surface area contributed by atoms with Crippen LogP contribution in [0, 0.1) is 0 Å². The molecule has 1 aromatic heterocycles. The first kappa shape index (κ1) is 25.1. The van der Waals surface area contributed by atoms with Gasteiger partial charge in [0.1, 0.15) is 6.54 Å². The van der Waals surface area contributed by atoms with E-state index < -0.39 is 0 Å². The van der Waals surface area contributed by atoms with Gasteiger partial charge in [0.2, 0.25) is 5.91 Å². The van der Waals surface area contributed by atoms with E-state index in [1.54, 1.807) is 52.6 Å². The smallest absolute Gasteiger partial charge is 0.254 e. The van der Waals surface area contributed by atoms with Crippen LogP contribution in [-0.4, -0.2) is 41.2 Å². The Morgan fingerprint density at radius 3 is 2.47 bits per heavy atom. The molecule has 3 aromatic rings. The lowest BCUT2D eigenvalue weighted by atomic mass is 9.93. The number of amides is 2. The second kappa shape index (κ2) is 11.1. The fraction of sp³-hybridized carbons (Fsp3) is 0.308. The van der Waals surface area contributed by atoms with Crippen molar-refractivity contribution in [1.82, 2.24) is 9.80 Å². The van der Waals surface area contributed by atoms with E-state index in [2.05, 4.69) is 13.0 Å². The Morgan fingerprint density at radius 1 is 1.03 bits per heavy atom. The maximum Gasteiger partial charge on any atom is 0.254 e. The molecular weight excluding hydrogens is 511 g/mol. The van der Waals surface area contributed by atoms with Crippen LogP contribution >= 0.6 is 46.1 Å². The summed E-state index contributed by atoms with van der Waals surface area (Å²) in [6, 6.07) is 13.9. The molecule has 178 valence electrons. The molecule has 1 aliphatic rings. The lowest BCUT2D eigenvalue weighted by Gasteiger charge is -2.38. The zero-order valence-corrected chi connectivity index (χ0v) is 21.9. The van der Waals surface area contributed by atoms with Crippen LogP contribution in [0.3, 0.4) is 0 Å². The number of hydrogen-bond donors (Lipinski definition) is 0. The van der Waals surface area contributed by atoms with Gasteiger partial charge in [-0.05, 0) is 71.8 Å². The molecule has 0 unspecified atom stereocenters. The summed E-state index contributed by atoms with van der Waals surface area (Å²) >= 11 is 20.4. The number of rotatable bonds is 7. The van der Waals surface area contributed by atoms with E-state index in [1.165, 1.54) is 4.88 Å². The lowest BCUT2D eigenvalue weighted by molar-refractivity contribution is -0.134. The summed E-state index contributed by atoms with van der Waals surface area (Å²) in [5, 5.41) is 3.68. The van der Waals surface area contributed by atoms with Crippen molar-refractivity contribution in [2.24, 2.45) is 0 Å². The molecule has 4 nitrogen and oxygen atoms in total. The molecule has 8 heteroatoms. The van der Waals surface area contributed by atoms with Crippen molar-refractivity contribution < 1.29 is 9.59 Å². The second-order valence-corrected chi connectivity index (χ2v) is 10.6. The number of hydrogen-bond acceptors (Lipinski definition) is 3. The summed E-state index contributed by atoms with van der Waals surface area (Å²) in [4.78, 5) is 31.7. The van der Waals surface area contributed by atoms with Crippen molar-refractivity contribution in [3.63, 3.8) is 0 Å². The molecule has 0 saturated heterocycles. The Morgan fingerprint density at radius 2 is 1.76 bits per heavy atom. The normalized spacial score (nSPS) is 15.2. The molecule has 0 fully saturated rings. The van der Waals surface area contributed by atoms with Crippen molar-refractivity contribution in [3.8, 4) is 0 Å². The number of benzene rings is 2. The standard InChI is InChI=1S/C26H25Cl3N2O2S/c1-2-3-12-30(26(33)17-4-6-18(27)7-5-17)16-24(32)31-13-10-23-21(11-14-34-23)25(31)20-9-8-19(28)15-22(20)29/h4-9,11,14-15,25H,2-3,10,12-13,16H2,1H3/t25-/m0/s1. The Hall–Kier alpha value is -2.05. The van der Waals surface area contributed by atoms with Crippen LogP contribution in [0.15, 0.2) is 53.9 Å². The molecule has 0 aliphatic carbocycles. The topological polar surface area (TPSA) is 40.6 Å². The molecular formula is C26H25Cl3N2O2S. The molecule has 0 bridgehead atoms. The van der Waals surface area contributed by atoms with Crippen LogP contribution in [0.4, 0.5) is 0 Å². The molecule has 2 heterocycles. The number of fused-ring (bicyclic) bond motifs is 1. The Kier molecular flexibility index (Phi) is 8.20. The van der Waals surface area contributed by atoms with Crippen molar-refractivity contribution in [2.75, 3.05) is 19.6 Å². The highest BCUT2D eigenvalue weighted by Crippen LogP contribution is 2.41. The maximum absolute atomic E-state index is 13.7. The summed E-state index contributed by atoms with van der Waals surface area (Å²) in [6.45, 7) is 3.14. The van der Waals surface area contributed by atoms with Crippen LogP contribution in [0.1, 0.15) is 52.2 Å². The van der Waals surface area contributed by atoms with E-state index in [9.17, 15) is 9.59 Å². The van der Waals surface area contributed by atoms with E-state index in [0.717, 1.165) is 30.4 Å². The number of unbranched alkanes of at least 4 members (excludes halogenated alkanes) is 1. The van der Waals surface area contributed by atoms with Crippen molar-refractivity contribution in [2.45, 2.75) is 32.2 Å². The maximum atomic E-state index is 13.7. The van der Waals surface area contributed by atoms with Gasteiger partial charge in [-0.3, -0.25) is 9.59 Å². The van der Waals surface area contributed by atoms with Crippen LogP contribution < -0.4 is 0 Å². The summed E-state index contributed by atoms with van der Waals surface area (Å²) < 4.78 is 0. The van der Waals surface area contributed by atoms with Crippen molar-refractivity contribution in [3.05, 3.63) is 90.5 Å². The van der Waals surface area contributed by atoms with Gasteiger partial charge in [-0.25, -0.2) is 0 Å². The van der Waals surface area contributed by atoms with Gasteiger partial charge in [0.15, 0.2) is 0 Å². The quantitative estimate of drug-likeness (QED) is 0.323. The largest absolute Gasteiger partial charge is 0.330 e. The van der Waals surface area contributed by atoms with Gasteiger partial charge in [0.25, 0.3) is 5.91 Å². The number of carbonyl (C=O) groups is 2. The van der Waals surface area contributed by atoms with Gasteiger partial charge in [0.05, 0.1) is 6.04 Å². The minimum atomic E-state index is -0.314. The highest BCUT2D eigenvalue weighted by molar-refractivity contribution is 7.10. The van der Waals surface area contributed by atoms with E-state index in [0.29, 0.717) is 33.7 Å². The third-order valence-corrected chi connectivity index (χ3v) is 7.84. The molecule has 0 spiro atoms. The minimum Gasteiger partial charge on any atom is -0.330 e. The van der Waals surface area contributed by atoms with Crippen molar-refractivity contribution in [1.29, 1.82) is 0 Å². The molecule has 2 amide bonds. The summed E-state index contributed by atoms with van der Waals surface area (Å²) in [7, 11) is 0. The third kappa shape index (κ3) is 5.44. The second-order valence-electron chi connectivity index (χ2n) is 8.29. The first-order valence-corrected chi connectivity index (χ1v) is 13.3. The predicted octanol–water partition coefficient (Wildman–Crippen LogP) is 7.12. The summed E-state index contributed by atoms with van der Waals surface area (Å²) in [5.74, 6) is -0.279. The van der Waals surface area contributed by atoms with Gasteiger partial charge < -0.3 is 9.80 Å². The van der Waals surface area contributed by atoms with Crippen LogP contribution in [-0.2, 0) is 11.2 Å². The molecule has 1 aliphatic heterocycles. The average Bonchev–Trinajstić information content (AvgIpc) is 3.30. The van der Waals surface area contributed by atoms with E-state index in [4.69, 9.17) is 34.8 Å². The molecule has 0 radical (unpaired) electrons. The molecule has 0 N–H and O–H groups in total. The predicted molar refractivity (Wildman–Crippen MR) is 140 cm³/mol. The zero-order valence-electron chi connectivity index (χ0n) is 18.8. The lowest BCUT2D eigenvalue weighted by Crippen LogP contribution is -2.47. The SMILES string of the molecule is CCCCN(CC(=O)N1CCc2sccc2[C@@H]1c1ccc(Cl)cc1Cl)C(=O)c1ccc(Cl)cc1. The Labute approximate surface area is 219 Å². The van der Waals surface area contributed by atoms with E-state index in [-0.39, 0.29) is 24.4 Å². The molecule has 1 atom stereocenters. The van der Waals surface area contributed by atoms with Gasteiger partial charge in [-0.1, -0.05) is 54.2 Å². The monoisotopic (exact) mass is 534 g/mol. The first-order valence-electron chi connectivity index (χ1n) is 11.2. The Bertz CT molecular complexity index is 1180. The zero-order chi connectivity index (χ0) is 24.2. The summed E-state index contributed by atoms with van der Waals surface area (Å²) in [6.07, 6.45) is 2.51. The molecule has 4 rings (SSSR count). The van der Waals surface area contributed by atoms with E-state index >= 15 is 0 Å². The van der Waals surface area contributed by atoms with Gasteiger partial charge in [0, 0.05) is 38.6 Å². The Balaban J connectivity index is 1.63. The van der Waals surface area contributed by atoms with Crippen LogP contribution in [0.25, 0.3) is 0 Å². The molecule has 34 heavy (non-hydrogen) atoms. The fourth-order valence-electron chi connectivity index (χ4n) is 4.27. The molecule has 2 aromatic carbocycles. The highest BCUT2D eigenvalue weighted by Gasteiger charge is 2.35. The van der Waals surface area contributed by atoms with Gasteiger partial charge in [-0.2, -0.15) is 0 Å². The van der Waals surface area contributed by atoms with Crippen LogP contribution in [0.5, 0.6) is 0 Å². The first-order chi connectivity index (χ1) is 16.4. The number of halogens is 3. The van der Waals surface area contributed by atoms with Crippen molar-refractivity contribution >= 4 is 58.0 Å². The number of carbonyl (C=O) groups excluding carboxylic acids is 2. The van der Waals surface area contributed by atoms with Gasteiger partial charge >= 0.3 is 0 Å². The third-order valence-electron chi connectivity index (χ3n) is 6.03. The van der Waals surface area contributed by atoms with Gasteiger partial charge in [-0.15, -0.1) is 11.3 Å². The molecule has 0 saturated carbocycles. The number of thiophene rings is 1. The fourth-order valence-corrected chi connectivity index (χ4v) is 5.82. The minimum absolute atomic E-state index is 0.00262. The average molecular weight is 536 g/mol. The van der Waals surface area contributed by atoms with Crippen LogP contribution in [0.2, 0.25) is 15.1 Å². The van der Waals surface area contributed by atoms with E-state index in [1.807, 2.05) is 16.3 Å². The number of nitrogens with zero attached hydrogens (tertiary/aromatic N) is 2. The summed E-state index contributed by atoms with van der Waals surface area (Å²) in [5.41, 5.74) is 2.44.